The first-order valence-electron chi connectivity index (χ1n) is 7.78. The molecule has 2 rings (SSSR count). The second kappa shape index (κ2) is 7.12. The van der Waals surface area contributed by atoms with Crippen LogP contribution in [0.2, 0.25) is 0 Å². The van der Waals surface area contributed by atoms with Crippen molar-refractivity contribution in [2.45, 2.75) is 45.6 Å². The number of hydrogen-bond acceptors (Lipinski definition) is 3. The fourth-order valence-corrected chi connectivity index (χ4v) is 3.18. The summed E-state index contributed by atoms with van der Waals surface area (Å²) in [7, 11) is 3.18. The summed E-state index contributed by atoms with van der Waals surface area (Å²) >= 11 is 0. The van der Waals surface area contributed by atoms with Crippen molar-refractivity contribution in [3.63, 3.8) is 0 Å². The first kappa shape index (κ1) is 16.1. The molecule has 0 saturated heterocycles. The number of fused-ring (bicyclic) bond motifs is 1. The lowest BCUT2D eigenvalue weighted by molar-refractivity contribution is 0.338. The highest BCUT2D eigenvalue weighted by Crippen LogP contribution is 2.43. The third kappa shape index (κ3) is 3.31. The summed E-state index contributed by atoms with van der Waals surface area (Å²) in [5.41, 5.74) is 1.73. The van der Waals surface area contributed by atoms with Gasteiger partial charge in [0.15, 0.2) is 11.5 Å². The first-order chi connectivity index (χ1) is 10.1. The van der Waals surface area contributed by atoms with Crippen LogP contribution in [0.5, 0.6) is 11.5 Å². The van der Waals surface area contributed by atoms with Crippen LogP contribution in [0.15, 0.2) is 6.07 Å². The lowest BCUT2D eigenvalue weighted by Crippen LogP contribution is -2.24. The minimum absolute atomic E-state index is 0.122. The topological polar surface area (TPSA) is 30.5 Å². The monoisotopic (exact) mass is 295 g/mol. The molecule has 0 aliphatic heterocycles. The normalized spacial score (nSPS) is 21.6. The van der Waals surface area contributed by atoms with Gasteiger partial charge in [-0.2, -0.15) is 0 Å². The summed E-state index contributed by atoms with van der Waals surface area (Å²) in [6.45, 7) is 5.28. The predicted molar refractivity (Wildman–Crippen MR) is 82.6 cm³/mol. The van der Waals surface area contributed by atoms with E-state index in [9.17, 15) is 4.39 Å². The molecule has 0 heterocycles. The van der Waals surface area contributed by atoms with Gasteiger partial charge in [-0.1, -0.05) is 13.8 Å². The Balaban J connectivity index is 2.54. The highest BCUT2D eigenvalue weighted by atomic mass is 19.1. The van der Waals surface area contributed by atoms with Gasteiger partial charge >= 0.3 is 0 Å². The molecule has 1 aliphatic rings. The quantitative estimate of drug-likeness (QED) is 0.837. The highest BCUT2D eigenvalue weighted by molar-refractivity contribution is 5.53. The molecule has 1 N–H and O–H groups in total. The Kier molecular flexibility index (Phi) is 5.45. The second-order valence-corrected chi connectivity index (χ2v) is 5.87. The Hall–Kier alpha value is -1.29. The van der Waals surface area contributed by atoms with Gasteiger partial charge in [0, 0.05) is 17.7 Å². The highest BCUT2D eigenvalue weighted by Gasteiger charge is 2.29. The van der Waals surface area contributed by atoms with E-state index in [0.717, 1.165) is 43.4 Å². The van der Waals surface area contributed by atoms with E-state index >= 15 is 0 Å². The van der Waals surface area contributed by atoms with Gasteiger partial charge in [-0.25, -0.2) is 4.39 Å². The maximum atomic E-state index is 14.5. The van der Waals surface area contributed by atoms with Crippen molar-refractivity contribution in [2.75, 3.05) is 20.8 Å². The van der Waals surface area contributed by atoms with Gasteiger partial charge in [0.1, 0.15) is 5.82 Å². The Labute approximate surface area is 126 Å². The van der Waals surface area contributed by atoms with Crippen LogP contribution in [0.4, 0.5) is 4.39 Å². The zero-order valence-electron chi connectivity index (χ0n) is 13.5. The lowest BCUT2D eigenvalue weighted by Gasteiger charge is -2.24. The number of nitrogens with one attached hydrogen (secondary N) is 1. The summed E-state index contributed by atoms with van der Waals surface area (Å²) in [6.07, 6.45) is 3.81. The zero-order valence-corrected chi connectivity index (χ0v) is 13.5. The smallest absolute Gasteiger partial charge is 0.165 e. The van der Waals surface area contributed by atoms with Crippen LogP contribution in [0.3, 0.4) is 0 Å². The lowest BCUT2D eigenvalue weighted by atomic mass is 9.95. The van der Waals surface area contributed by atoms with E-state index in [1.165, 1.54) is 6.07 Å². The van der Waals surface area contributed by atoms with Gasteiger partial charge in [0.2, 0.25) is 0 Å². The average Bonchev–Trinajstić information content (AvgIpc) is 2.64. The molecule has 2 unspecified atom stereocenters. The molecule has 1 aromatic carbocycles. The molecular formula is C17H26FNO2. The van der Waals surface area contributed by atoms with Gasteiger partial charge in [-0.3, -0.25) is 0 Å². The standard InChI is InChI=1S/C17H26FNO2/c1-5-8-19-14-9-11(2)6-7-12-13(18)10-15(20-3)17(21-4)16(12)14/h10-11,14,19H,5-9H2,1-4H3. The zero-order chi connectivity index (χ0) is 15.4. The summed E-state index contributed by atoms with van der Waals surface area (Å²) in [4.78, 5) is 0. The minimum Gasteiger partial charge on any atom is -0.493 e. The van der Waals surface area contributed by atoms with E-state index in [-0.39, 0.29) is 11.9 Å². The van der Waals surface area contributed by atoms with Crippen molar-refractivity contribution in [1.82, 2.24) is 5.32 Å². The molecule has 0 radical (unpaired) electrons. The van der Waals surface area contributed by atoms with Crippen molar-refractivity contribution in [3.8, 4) is 11.5 Å². The molecule has 0 saturated carbocycles. The number of halogens is 1. The summed E-state index contributed by atoms with van der Waals surface area (Å²) in [5.74, 6) is 1.53. The van der Waals surface area contributed by atoms with Crippen LogP contribution < -0.4 is 14.8 Å². The third-order valence-electron chi connectivity index (χ3n) is 4.28. The Morgan fingerprint density at radius 3 is 2.71 bits per heavy atom. The molecule has 0 aromatic heterocycles. The van der Waals surface area contributed by atoms with Gasteiger partial charge < -0.3 is 14.8 Å². The van der Waals surface area contributed by atoms with E-state index in [0.29, 0.717) is 17.4 Å². The largest absolute Gasteiger partial charge is 0.493 e. The van der Waals surface area contributed by atoms with Crippen LogP contribution in [-0.2, 0) is 6.42 Å². The van der Waals surface area contributed by atoms with E-state index in [2.05, 4.69) is 19.2 Å². The summed E-state index contributed by atoms with van der Waals surface area (Å²) < 4.78 is 25.3. The first-order valence-corrected chi connectivity index (χ1v) is 7.78. The molecule has 0 spiro atoms. The summed E-state index contributed by atoms with van der Waals surface area (Å²) in [5, 5.41) is 3.55. The molecule has 118 valence electrons. The van der Waals surface area contributed by atoms with Crippen LogP contribution >= 0.6 is 0 Å². The Morgan fingerprint density at radius 2 is 2.10 bits per heavy atom. The molecule has 4 heteroatoms. The van der Waals surface area contributed by atoms with E-state index in [4.69, 9.17) is 9.47 Å². The maximum absolute atomic E-state index is 14.5. The molecule has 0 fully saturated rings. The van der Waals surface area contributed by atoms with Crippen molar-refractivity contribution in [2.24, 2.45) is 5.92 Å². The summed E-state index contributed by atoms with van der Waals surface area (Å²) in [6, 6.07) is 1.57. The number of rotatable bonds is 5. The van der Waals surface area contributed by atoms with Crippen molar-refractivity contribution in [1.29, 1.82) is 0 Å². The minimum atomic E-state index is -0.181. The molecule has 21 heavy (non-hydrogen) atoms. The fourth-order valence-electron chi connectivity index (χ4n) is 3.18. The van der Waals surface area contributed by atoms with Crippen molar-refractivity contribution in [3.05, 3.63) is 23.0 Å². The maximum Gasteiger partial charge on any atom is 0.165 e. The molecule has 3 nitrogen and oxygen atoms in total. The third-order valence-corrected chi connectivity index (χ3v) is 4.28. The van der Waals surface area contributed by atoms with E-state index < -0.39 is 0 Å². The second-order valence-electron chi connectivity index (χ2n) is 5.87. The van der Waals surface area contributed by atoms with Crippen LogP contribution in [-0.4, -0.2) is 20.8 Å². The van der Waals surface area contributed by atoms with Crippen molar-refractivity contribution < 1.29 is 13.9 Å². The molecule has 1 aliphatic carbocycles. The molecular weight excluding hydrogens is 269 g/mol. The van der Waals surface area contributed by atoms with Crippen LogP contribution in [0.25, 0.3) is 0 Å². The van der Waals surface area contributed by atoms with Gasteiger partial charge in [-0.15, -0.1) is 0 Å². The van der Waals surface area contributed by atoms with Gasteiger partial charge in [-0.05, 0) is 43.7 Å². The number of hydrogen-bond donors (Lipinski definition) is 1. The van der Waals surface area contributed by atoms with Crippen LogP contribution in [0, 0.1) is 11.7 Å². The molecule has 2 atom stereocenters. The number of methoxy groups -OCH3 is 2. The van der Waals surface area contributed by atoms with Gasteiger partial charge in [0.05, 0.1) is 14.2 Å². The average molecular weight is 295 g/mol. The fraction of sp³-hybridized carbons (Fsp3) is 0.647. The van der Waals surface area contributed by atoms with Crippen LogP contribution in [0.1, 0.15) is 50.3 Å². The Bertz CT molecular complexity index is 490. The number of ether oxygens (including phenoxy) is 2. The molecule has 0 bridgehead atoms. The molecule has 0 amide bonds. The van der Waals surface area contributed by atoms with E-state index in [1.54, 1.807) is 14.2 Å². The van der Waals surface area contributed by atoms with E-state index in [1.807, 2.05) is 0 Å². The molecule has 1 aromatic rings. The Morgan fingerprint density at radius 1 is 1.33 bits per heavy atom. The number of benzene rings is 1. The SMILES string of the molecule is CCCNC1CC(C)CCc2c(F)cc(OC)c(OC)c21. The van der Waals surface area contributed by atoms with Crippen molar-refractivity contribution >= 4 is 0 Å². The van der Waals surface area contributed by atoms with Gasteiger partial charge in [0.25, 0.3) is 0 Å². The predicted octanol–water partition coefficient (Wildman–Crippen LogP) is 3.86.